The first kappa shape index (κ1) is 16.5. The van der Waals surface area contributed by atoms with Gasteiger partial charge < -0.3 is 5.73 Å². The molecular formula is C18H17NO3P+. The second kappa shape index (κ2) is 9.23. The molecule has 0 aliphatic heterocycles. The van der Waals surface area contributed by atoms with Crippen LogP contribution in [0.3, 0.4) is 0 Å². The predicted molar refractivity (Wildman–Crippen MR) is 92.6 cm³/mol. The highest BCUT2D eigenvalue weighted by molar-refractivity contribution is 7.34. The van der Waals surface area contributed by atoms with Crippen molar-refractivity contribution < 1.29 is 13.6 Å². The molecular weight excluding hydrogens is 309 g/mol. The van der Waals surface area contributed by atoms with E-state index in [1.807, 2.05) is 42.5 Å². The lowest BCUT2D eigenvalue weighted by Crippen LogP contribution is -1.87. The molecule has 3 rings (SSSR count). The molecule has 3 aromatic rings. The number of benzene rings is 3. The van der Waals surface area contributed by atoms with E-state index in [4.69, 9.17) is 14.8 Å². The molecule has 2 N–H and O–H groups in total. The van der Waals surface area contributed by atoms with E-state index in [-0.39, 0.29) is 0 Å². The molecule has 0 aliphatic carbocycles. The third kappa shape index (κ3) is 6.64. The third-order valence-corrected chi connectivity index (χ3v) is 3.37. The first-order chi connectivity index (χ1) is 11.2. The van der Waals surface area contributed by atoms with E-state index in [1.165, 1.54) is 0 Å². The lowest BCUT2D eigenvalue weighted by molar-refractivity contribution is 0.415. The first-order valence-corrected chi connectivity index (χ1v) is 8.07. The standard InChI is InChI=1S/C12H10O3P.C6H7N/c13-16(14-11-7-3-1-4-8-11)15-12-9-5-2-6-10-12;7-6-4-2-1-3-5-6/h1-10H;1-5H,7H2/q+1;. The van der Waals surface area contributed by atoms with Gasteiger partial charge in [-0.2, -0.15) is 0 Å². The molecule has 116 valence electrons. The molecule has 0 spiro atoms. The maximum absolute atomic E-state index is 11.5. The Hall–Kier alpha value is -2.84. The second-order valence-corrected chi connectivity index (χ2v) is 5.26. The Kier molecular flexibility index (Phi) is 6.64. The van der Waals surface area contributed by atoms with Gasteiger partial charge in [-0.05, 0) is 36.4 Å². The number of hydrogen-bond donors (Lipinski definition) is 1. The van der Waals surface area contributed by atoms with Gasteiger partial charge in [0.25, 0.3) is 0 Å². The first-order valence-electron chi connectivity index (χ1n) is 6.98. The quantitative estimate of drug-likeness (QED) is 0.537. The molecule has 0 saturated carbocycles. The minimum atomic E-state index is -2.18. The number of anilines is 1. The highest BCUT2D eigenvalue weighted by atomic mass is 31.1. The van der Waals surface area contributed by atoms with Crippen LogP contribution in [-0.2, 0) is 4.57 Å². The Labute approximate surface area is 136 Å². The summed E-state index contributed by atoms with van der Waals surface area (Å²) >= 11 is 0. The summed E-state index contributed by atoms with van der Waals surface area (Å²) in [5, 5.41) is 0. The number of para-hydroxylation sites is 3. The van der Waals surface area contributed by atoms with Gasteiger partial charge in [-0.15, -0.1) is 0 Å². The summed E-state index contributed by atoms with van der Waals surface area (Å²) in [4.78, 5) is 0. The maximum atomic E-state index is 11.5. The molecule has 4 nitrogen and oxygen atoms in total. The van der Waals surface area contributed by atoms with E-state index < -0.39 is 8.25 Å². The molecule has 0 amide bonds. The lowest BCUT2D eigenvalue weighted by atomic mass is 10.3. The SMILES string of the molecule is Nc1ccccc1.O=[P+](Oc1ccccc1)Oc1ccccc1. The third-order valence-electron chi connectivity index (χ3n) is 2.65. The molecule has 3 aromatic carbocycles. The van der Waals surface area contributed by atoms with Crippen molar-refractivity contribution in [3.63, 3.8) is 0 Å². The number of rotatable bonds is 4. The Morgan fingerprint density at radius 3 is 1.26 bits per heavy atom. The molecule has 0 aromatic heterocycles. The van der Waals surface area contributed by atoms with Crippen LogP contribution in [0.5, 0.6) is 11.5 Å². The Balaban J connectivity index is 0.000000229. The van der Waals surface area contributed by atoms with Crippen molar-refractivity contribution in [2.75, 3.05) is 5.73 Å². The van der Waals surface area contributed by atoms with Crippen LogP contribution >= 0.6 is 8.25 Å². The molecule has 0 bridgehead atoms. The molecule has 0 heterocycles. The number of nitrogen functional groups attached to an aromatic ring is 1. The van der Waals surface area contributed by atoms with Gasteiger partial charge in [-0.3, -0.25) is 0 Å². The lowest BCUT2D eigenvalue weighted by Gasteiger charge is -1.92. The second-order valence-electron chi connectivity index (χ2n) is 4.44. The van der Waals surface area contributed by atoms with Crippen molar-refractivity contribution in [2.45, 2.75) is 0 Å². The van der Waals surface area contributed by atoms with Crippen LogP contribution in [0.25, 0.3) is 0 Å². The van der Waals surface area contributed by atoms with Crippen molar-refractivity contribution in [1.29, 1.82) is 0 Å². The Morgan fingerprint density at radius 2 is 0.957 bits per heavy atom. The largest absolute Gasteiger partial charge is 0.805 e. The molecule has 23 heavy (non-hydrogen) atoms. The van der Waals surface area contributed by atoms with Gasteiger partial charge in [0.15, 0.2) is 11.5 Å². The van der Waals surface area contributed by atoms with Crippen molar-refractivity contribution in [1.82, 2.24) is 0 Å². The highest BCUT2D eigenvalue weighted by Crippen LogP contribution is 2.29. The molecule has 0 fully saturated rings. The normalized spacial score (nSPS) is 9.22. The molecule has 0 unspecified atom stereocenters. The van der Waals surface area contributed by atoms with Gasteiger partial charge in [-0.25, -0.2) is 9.05 Å². The zero-order chi connectivity index (χ0) is 16.3. The minimum absolute atomic E-state index is 0.527. The average Bonchev–Trinajstić information content (AvgIpc) is 2.58. The van der Waals surface area contributed by atoms with Crippen LogP contribution in [0.1, 0.15) is 0 Å². The zero-order valence-electron chi connectivity index (χ0n) is 12.4. The molecule has 0 atom stereocenters. The van der Waals surface area contributed by atoms with Crippen LogP contribution in [0.4, 0.5) is 5.69 Å². The van der Waals surface area contributed by atoms with E-state index >= 15 is 0 Å². The maximum Gasteiger partial charge on any atom is 0.805 e. The molecule has 0 aliphatic rings. The Bertz CT molecular complexity index is 663. The fourth-order valence-corrected chi connectivity index (χ4v) is 2.23. The van der Waals surface area contributed by atoms with Crippen LogP contribution in [-0.4, -0.2) is 0 Å². The van der Waals surface area contributed by atoms with Gasteiger partial charge >= 0.3 is 8.25 Å². The van der Waals surface area contributed by atoms with E-state index in [1.54, 1.807) is 48.5 Å². The van der Waals surface area contributed by atoms with Gasteiger partial charge in [0.1, 0.15) is 0 Å². The van der Waals surface area contributed by atoms with Crippen molar-refractivity contribution in [3.8, 4) is 11.5 Å². The van der Waals surface area contributed by atoms with E-state index in [0.29, 0.717) is 11.5 Å². The zero-order valence-corrected chi connectivity index (χ0v) is 13.3. The average molecular weight is 326 g/mol. The van der Waals surface area contributed by atoms with Crippen LogP contribution in [0.2, 0.25) is 0 Å². The van der Waals surface area contributed by atoms with Crippen LogP contribution in [0.15, 0.2) is 91.0 Å². The molecule has 5 heteroatoms. The van der Waals surface area contributed by atoms with Gasteiger partial charge in [-0.1, -0.05) is 54.6 Å². The monoisotopic (exact) mass is 326 g/mol. The summed E-state index contributed by atoms with van der Waals surface area (Å²) in [6.07, 6.45) is 0. The summed E-state index contributed by atoms with van der Waals surface area (Å²) in [6, 6.07) is 27.3. The van der Waals surface area contributed by atoms with E-state index in [2.05, 4.69) is 0 Å². The Morgan fingerprint density at radius 1 is 0.609 bits per heavy atom. The predicted octanol–water partition coefficient (Wildman–Crippen LogP) is 5.07. The van der Waals surface area contributed by atoms with Crippen LogP contribution < -0.4 is 14.8 Å². The molecule has 0 radical (unpaired) electrons. The van der Waals surface area contributed by atoms with Gasteiger partial charge in [0.05, 0.1) is 0 Å². The minimum Gasteiger partial charge on any atom is -0.399 e. The highest BCUT2D eigenvalue weighted by Gasteiger charge is 2.23. The summed E-state index contributed by atoms with van der Waals surface area (Å²) in [7, 11) is -2.18. The van der Waals surface area contributed by atoms with E-state index in [9.17, 15) is 4.57 Å². The topological polar surface area (TPSA) is 61.6 Å². The van der Waals surface area contributed by atoms with Crippen molar-refractivity contribution in [2.24, 2.45) is 0 Å². The summed E-state index contributed by atoms with van der Waals surface area (Å²) in [5.74, 6) is 1.05. The van der Waals surface area contributed by atoms with E-state index in [0.717, 1.165) is 5.69 Å². The fourth-order valence-electron chi connectivity index (χ4n) is 1.61. The summed E-state index contributed by atoms with van der Waals surface area (Å²) < 4.78 is 21.7. The van der Waals surface area contributed by atoms with Gasteiger partial charge in [0.2, 0.25) is 0 Å². The smallest absolute Gasteiger partial charge is 0.399 e. The van der Waals surface area contributed by atoms with Crippen molar-refractivity contribution >= 4 is 13.9 Å². The summed E-state index contributed by atoms with van der Waals surface area (Å²) in [5.41, 5.74) is 6.18. The molecule has 0 saturated heterocycles. The summed E-state index contributed by atoms with van der Waals surface area (Å²) in [6.45, 7) is 0. The van der Waals surface area contributed by atoms with Crippen molar-refractivity contribution in [3.05, 3.63) is 91.0 Å². The van der Waals surface area contributed by atoms with Gasteiger partial charge in [0, 0.05) is 10.3 Å². The number of hydrogen-bond acceptors (Lipinski definition) is 4. The van der Waals surface area contributed by atoms with Crippen LogP contribution in [0, 0.1) is 0 Å². The fraction of sp³-hybridized carbons (Fsp3) is 0. The number of nitrogens with two attached hydrogens (primary N) is 1.